The maximum Gasteiger partial charge on any atom is 0.149 e. The number of fused-ring (bicyclic) bond motifs is 1. The molecule has 1 aliphatic heterocycles. The van der Waals surface area contributed by atoms with Crippen molar-refractivity contribution >= 4 is 17.1 Å². The van der Waals surface area contributed by atoms with Gasteiger partial charge in [-0.2, -0.15) is 10.4 Å². The summed E-state index contributed by atoms with van der Waals surface area (Å²) in [6, 6.07) is 7.78. The van der Waals surface area contributed by atoms with Gasteiger partial charge in [-0.3, -0.25) is 4.79 Å². The van der Waals surface area contributed by atoms with Crippen molar-refractivity contribution in [1.29, 1.82) is 5.26 Å². The van der Waals surface area contributed by atoms with Crippen LogP contribution in [0.1, 0.15) is 45.6 Å². The second kappa shape index (κ2) is 9.20. The minimum Gasteiger partial charge on any atom is -0.492 e. The summed E-state index contributed by atoms with van der Waals surface area (Å²) in [5.41, 5.74) is 8.75. The molecule has 2 N–H and O–H groups in total. The van der Waals surface area contributed by atoms with Crippen LogP contribution in [0.2, 0.25) is 0 Å². The monoisotopic (exact) mass is 446 g/mol. The van der Waals surface area contributed by atoms with Crippen LogP contribution in [0, 0.1) is 16.7 Å². The van der Waals surface area contributed by atoms with Gasteiger partial charge in [0.25, 0.3) is 0 Å². The zero-order valence-electron chi connectivity index (χ0n) is 19.4. The predicted molar refractivity (Wildman–Crippen MR) is 127 cm³/mol. The van der Waals surface area contributed by atoms with E-state index in [1.807, 2.05) is 31.3 Å². The highest BCUT2D eigenvalue weighted by molar-refractivity contribution is 5.85. The van der Waals surface area contributed by atoms with Crippen LogP contribution in [-0.4, -0.2) is 46.1 Å². The van der Waals surface area contributed by atoms with E-state index in [2.05, 4.69) is 23.0 Å². The third-order valence-corrected chi connectivity index (χ3v) is 6.48. The smallest absolute Gasteiger partial charge is 0.149 e. The molecule has 33 heavy (non-hydrogen) atoms. The van der Waals surface area contributed by atoms with Gasteiger partial charge in [0, 0.05) is 36.8 Å². The minimum atomic E-state index is -0.404. The second-order valence-corrected chi connectivity index (χ2v) is 9.12. The number of pyridine rings is 2. The van der Waals surface area contributed by atoms with Gasteiger partial charge in [-0.15, -0.1) is 0 Å². The fourth-order valence-corrected chi connectivity index (χ4v) is 4.41. The Morgan fingerprint density at radius 3 is 2.70 bits per heavy atom. The van der Waals surface area contributed by atoms with E-state index in [0.717, 1.165) is 48.4 Å². The van der Waals surface area contributed by atoms with Gasteiger partial charge in [-0.05, 0) is 50.3 Å². The molecule has 0 aliphatic carbocycles. The van der Waals surface area contributed by atoms with E-state index < -0.39 is 6.04 Å². The first kappa shape index (κ1) is 22.7. The molecule has 1 fully saturated rings. The normalized spacial score (nSPS) is 16.4. The molecule has 0 bridgehead atoms. The van der Waals surface area contributed by atoms with Crippen LogP contribution in [0.15, 0.2) is 36.8 Å². The highest BCUT2D eigenvalue weighted by Crippen LogP contribution is 2.37. The van der Waals surface area contributed by atoms with E-state index in [4.69, 9.17) is 15.5 Å². The number of nitriles is 1. The summed E-state index contributed by atoms with van der Waals surface area (Å²) in [7, 11) is 0. The highest BCUT2D eigenvalue weighted by Gasteiger charge is 2.33. The van der Waals surface area contributed by atoms with Crippen molar-refractivity contribution in [3.8, 4) is 22.9 Å². The number of hydrogen-bond acceptors (Lipinski definition) is 7. The average Bonchev–Trinajstić information content (AvgIpc) is 3.22. The summed E-state index contributed by atoms with van der Waals surface area (Å²) in [5, 5.41) is 13.8. The second-order valence-electron chi connectivity index (χ2n) is 9.12. The molecular weight excluding hydrogens is 416 g/mol. The third kappa shape index (κ3) is 4.69. The predicted octanol–water partition coefficient (Wildman–Crippen LogP) is 3.58. The lowest BCUT2D eigenvalue weighted by molar-refractivity contribution is -0.122. The number of rotatable bonds is 7. The van der Waals surface area contributed by atoms with Gasteiger partial charge in [-0.25, -0.2) is 9.50 Å². The Morgan fingerprint density at radius 2 is 2.09 bits per heavy atom. The van der Waals surface area contributed by atoms with E-state index in [-0.39, 0.29) is 11.2 Å². The van der Waals surface area contributed by atoms with E-state index >= 15 is 0 Å². The van der Waals surface area contributed by atoms with Crippen LogP contribution in [0.25, 0.3) is 16.6 Å². The van der Waals surface area contributed by atoms with Gasteiger partial charge in [-0.1, -0.05) is 6.92 Å². The lowest BCUT2D eigenvalue weighted by Gasteiger charge is -2.40. The number of anilines is 1. The molecule has 1 saturated heterocycles. The molecule has 3 aromatic rings. The molecular formula is C25H30N6O2. The van der Waals surface area contributed by atoms with Crippen molar-refractivity contribution < 1.29 is 9.53 Å². The van der Waals surface area contributed by atoms with Crippen LogP contribution in [0.5, 0.6) is 5.75 Å². The summed E-state index contributed by atoms with van der Waals surface area (Å²) in [6.07, 6.45) is 7.56. The van der Waals surface area contributed by atoms with E-state index in [1.165, 1.54) is 0 Å². The number of Topliss-reactive ketones (excluding diaryl/α,β-unsaturated/α-hetero) is 1. The molecule has 1 atom stereocenters. The lowest BCUT2D eigenvalue weighted by atomic mass is 9.75. The summed E-state index contributed by atoms with van der Waals surface area (Å²) in [5.74, 6) is 1.73. The van der Waals surface area contributed by atoms with Gasteiger partial charge in [0.05, 0.1) is 36.1 Å². The molecule has 4 rings (SSSR count). The molecule has 8 heteroatoms. The highest BCUT2D eigenvalue weighted by atomic mass is 16.5. The van der Waals surface area contributed by atoms with Gasteiger partial charge in [0.1, 0.15) is 23.4 Å². The molecule has 0 spiro atoms. The largest absolute Gasteiger partial charge is 0.492 e. The Kier molecular flexibility index (Phi) is 6.34. The van der Waals surface area contributed by atoms with Crippen molar-refractivity contribution in [2.24, 2.45) is 11.1 Å². The van der Waals surface area contributed by atoms with Crippen LogP contribution in [0.4, 0.5) is 5.82 Å². The fourth-order valence-electron chi connectivity index (χ4n) is 4.41. The van der Waals surface area contributed by atoms with Gasteiger partial charge in [0.15, 0.2) is 0 Å². The first-order valence-electron chi connectivity index (χ1n) is 11.4. The fraction of sp³-hybridized carbons (Fsp3) is 0.440. The van der Waals surface area contributed by atoms with Crippen LogP contribution in [-0.2, 0) is 4.79 Å². The van der Waals surface area contributed by atoms with Crippen LogP contribution < -0.4 is 15.4 Å². The average molecular weight is 447 g/mol. The zero-order valence-corrected chi connectivity index (χ0v) is 19.4. The number of aromatic nitrogens is 3. The molecule has 0 radical (unpaired) electrons. The number of piperidine rings is 1. The number of carbonyl (C=O) groups is 1. The molecule has 1 aliphatic rings. The maximum absolute atomic E-state index is 12.1. The molecule has 8 nitrogen and oxygen atoms in total. The van der Waals surface area contributed by atoms with E-state index in [1.54, 1.807) is 23.8 Å². The number of hydrogen-bond donors (Lipinski definition) is 1. The Hall–Kier alpha value is -3.44. The zero-order chi connectivity index (χ0) is 23.6. The van der Waals surface area contributed by atoms with Crippen molar-refractivity contribution in [3.63, 3.8) is 0 Å². The van der Waals surface area contributed by atoms with Crippen molar-refractivity contribution in [2.45, 2.75) is 46.1 Å². The number of nitrogens with two attached hydrogens (primary N) is 1. The molecule has 0 amide bonds. The Labute approximate surface area is 194 Å². The molecule has 3 aromatic heterocycles. The minimum absolute atomic E-state index is 0.0117. The van der Waals surface area contributed by atoms with Crippen molar-refractivity contribution in [3.05, 3.63) is 42.4 Å². The molecule has 172 valence electrons. The standard InChI is InChI=1S/C25H30N6O2/c1-4-33-20-11-21(24-19(13-26)15-29-31(24)16-20)18-5-6-23(28-14-18)30-9-7-25(3,8-10-30)12-22(32)17(2)27/h5-6,11,14-17H,4,7-10,12,27H2,1-3H3/t17-/m0/s1. The summed E-state index contributed by atoms with van der Waals surface area (Å²) in [6.45, 7) is 8.10. The van der Waals surface area contributed by atoms with Crippen LogP contribution >= 0.6 is 0 Å². The summed E-state index contributed by atoms with van der Waals surface area (Å²) >= 11 is 0. The summed E-state index contributed by atoms with van der Waals surface area (Å²) < 4.78 is 7.38. The van der Waals surface area contributed by atoms with Gasteiger partial charge >= 0.3 is 0 Å². The van der Waals surface area contributed by atoms with Crippen molar-refractivity contribution in [1.82, 2.24) is 14.6 Å². The topological polar surface area (TPSA) is 110 Å². The summed E-state index contributed by atoms with van der Waals surface area (Å²) in [4.78, 5) is 19.1. The van der Waals surface area contributed by atoms with Crippen molar-refractivity contribution in [2.75, 3.05) is 24.6 Å². The first-order valence-corrected chi connectivity index (χ1v) is 11.4. The van der Waals surface area contributed by atoms with Gasteiger partial charge < -0.3 is 15.4 Å². The van der Waals surface area contributed by atoms with E-state index in [9.17, 15) is 10.1 Å². The number of carbonyl (C=O) groups excluding carboxylic acids is 1. The number of ketones is 1. The quantitative estimate of drug-likeness (QED) is 0.591. The SMILES string of the molecule is CCOc1cc(-c2ccc(N3CCC(C)(CC(=O)[C@H](C)N)CC3)nc2)c2c(C#N)cnn2c1. The van der Waals surface area contributed by atoms with E-state index in [0.29, 0.717) is 24.3 Å². The molecule has 0 unspecified atom stereocenters. The molecule has 0 saturated carbocycles. The Morgan fingerprint density at radius 1 is 1.33 bits per heavy atom. The number of ether oxygens (including phenoxy) is 1. The van der Waals surface area contributed by atoms with Crippen LogP contribution in [0.3, 0.4) is 0 Å². The first-order chi connectivity index (χ1) is 15.8. The maximum atomic E-state index is 12.1. The molecule has 0 aromatic carbocycles. The van der Waals surface area contributed by atoms with Gasteiger partial charge in [0.2, 0.25) is 0 Å². The lowest BCUT2D eigenvalue weighted by Crippen LogP contribution is -2.41. The Bertz CT molecular complexity index is 1180. The third-order valence-electron chi connectivity index (χ3n) is 6.48. The Balaban J connectivity index is 1.55. The molecule has 4 heterocycles. The number of nitrogens with zero attached hydrogens (tertiary/aromatic N) is 5.